The molecule has 2 saturated heterocycles. The summed E-state index contributed by atoms with van der Waals surface area (Å²) < 4.78 is 12.8. The normalized spacial score (nSPS) is 27.9. The first-order chi connectivity index (χ1) is 14.6. The van der Waals surface area contributed by atoms with E-state index >= 15 is 0 Å². The van der Waals surface area contributed by atoms with Gasteiger partial charge in [-0.05, 0) is 103 Å². The molecule has 0 aliphatic carbocycles. The lowest BCUT2D eigenvalue weighted by atomic mass is 9.86. The molecule has 2 aliphatic heterocycles. The maximum Gasteiger partial charge on any atom is 0.309 e. The van der Waals surface area contributed by atoms with Crippen LogP contribution in [0.3, 0.4) is 0 Å². The molecule has 4 atom stereocenters. The molecule has 0 radical (unpaired) electrons. The molecular formula is C26H48O5. The molecule has 0 aromatic heterocycles. The van der Waals surface area contributed by atoms with Gasteiger partial charge in [0, 0.05) is 6.61 Å². The molecule has 2 heterocycles. The van der Waals surface area contributed by atoms with Crippen LogP contribution in [0.15, 0.2) is 0 Å². The summed E-state index contributed by atoms with van der Waals surface area (Å²) in [5.41, 5.74) is -0.622. The van der Waals surface area contributed by atoms with E-state index in [9.17, 15) is 15.0 Å². The van der Waals surface area contributed by atoms with E-state index in [1.165, 1.54) is 25.7 Å². The minimum Gasteiger partial charge on any atom is -0.481 e. The summed E-state index contributed by atoms with van der Waals surface area (Å²) in [4.78, 5) is 11.3. The smallest absolute Gasteiger partial charge is 0.309 e. The lowest BCUT2D eigenvalue weighted by Crippen LogP contribution is -2.32. The Hall–Kier alpha value is -0.650. The van der Waals surface area contributed by atoms with E-state index in [0.29, 0.717) is 30.8 Å². The molecule has 0 saturated carbocycles. The minimum absolute atomic E-state index is 0.0201. The fourth-order valence-electron chi connectivity index (χ4n) is 4.95. The summed E-state index contributed by atoms with van der Waals surface area (Å²) in [5, 5.41) is 18.7. The zero-order valence-electron chi connectivity index (χ0n) is 20.5. The number of aliphatic carboxylic acids is 1. The number of aliphatic hydroxyl groups excluding tert-OH is 1. The van der Waals surface area contributed by atoms with Gasteiger partial charge in [0.25, 0.3) is 0 Å². The molecule has 2 N–H and O–H groups in total. The highest BCUT2D eigenvalue weighted by molar-refractivity contribution is 5.73. The highest BCUT2D eigenvalue weighted by atomic mass is 16.5. The van der Waals surface area contributed by atoms with E-state index in [4.69, 9.17) is 9.47 Å². The van der Waals surface area contributed by atoms with Gasteiger partial charge in [-0.1, -0.05) is 20.3 Å². The molecule has 2 rings (SSSR count). The summed E-state index contributed by atoms with van der Waals surface area (Å²) in [6, 6.07) is 0. The molecule has 4 unspecified atom stereocenters. The Kier molecular flexibility index (Phi) is 10.8. The lowest BCUT2D eigenvalue weighted by molar-refractivity contribution is -0.147. The van der Waals surface area contributed by atoms with Gasteiger partial charge in [-0.3, -0.25) is 4.79 Å². The molecule has 5 nitrogen and oxygen atoms in total. The second-order valence-electron chi connectivity index (χ2n) is 11.5. The van der Waals surface area contributed by atoms with Crippen molar-refractivity contribution in [3.05, 3.63) is 0 Å². The molecule has 0 aromatic carbocycles. The summed E-state index contributed by atoms with van der Waals surface area (Å²) in [6.45, 7) is 8.13. The van der Waals surface area contributed by atoms with E-state index in [0.717, 1.165) is 57.8 Å². The fraction of sp³-hybridized carbons (Fsp3) is 0.962. The molecule has 31 heavy (non-hydrogen) atoms. The first-order valence-electron chi connectivity index (χ1n) is 12.8. The monoisotopic (exact) mass is 440 g/mol. The van der Waals surface area contributed by atoms with Gasteiger partial charge in [-0.25, -0.2) is 0 Å². The average Bonchev–Trinajstić information content (AvgIpc) is 2.72. The Balaban J connectivity index is 1.64. The maximum absolute atomic E-state index is 11.3. The van der Waals surface area contributed by atoms with Gasteiger partial charge < -0.3 is 19.7 Å². The average molecular weight is 441 g/mol. The van der Waals surface area contributed by atoms with Crippen molar-refractivity contribution in [3.63, 3.8) is 0 Å². The van der Waals surface area contributed by atoms with E-state index in [1.54, 1.807) is 0 Å². The van der Waals surface area contributed by atoms with Crippen LogP contribution in [0.25, 0.3) is 0 Å². The van der Waals surface area contributed by atoms with Crippen LogP contribution in [0, 0.1) is 10.8 Å². The number of carboxylic acids is 1. The van der Waals surface area contributed by atoms with Gasteiger partial charge in [0.2, 0.25) is 0 Å². The van der Waals surface area contributed by atoms with E-state index < -0.39 is 11.4 Å². The van der Waals surface area contributed by atoms with Crippen LogP contribution >= 0.6 is 0 Å². The molecule has 0 bridgehead atoms. The van der Waals surface area contributed by atoms with Crippen molar-refractivity contribution in [1.82, 2.24) is 0 Å². The Morgan fingerprint density at radius 2 is 1.19 bits per heavy atom. The van der Waals surface area contributed by atoms with Crippen molar-refractivity contribution in [2.24, 2.45) is 10.8 Å². The SMILES string of the molecule is CC(C)(CO)CCCC1CCCC(CCC2CCCC(CCCC(C)(C)C(=O)O)O2)O1. The van der Waals surface area contributed by atoms with Crippen molar-refractivity contribution >= 4 is 5.97 Å². The quantitative estimate of drug-likeness (QED) is 0.361. The standard InChI is InChI=1S/C26H48O5/c1-25(2,19-27)17-7-13-20-9-5-11-22(30-20)15-16-23-12-6-10-21(31-23)14-8-18-26(3,4)24(28)29/h20-23,27H,5-19H2,1-4H3,(H,28,29). The summed E-state index contributed by atoms with van der Waals surface area (Å²) >= 11 is 0. The second-order valence-corrected chi connectivity index (χ2v) is 11.5. The van der Waals surface area contributed by atoms with Crippen LogP contribution in [0.2, 0.25) is 0 Å². The van der Waals surface area contributed by atoms with Gasteiger partial charge in [-0.2, -0.15) is 0 Å². The van der Waals surface area contributed by atoms with Crippen LogP contribution < -0.4 is 0 Å². The third-order valence-corrected chi connectivity index (χ3v) is 7.40. The molecule has 0 aromatic rings. The number of carboxylic acid groups (broad SMARTS) is 1. The largest absolute Gasteiger partial charge is 0.481 e. The third-order valence-electron chi connectivity index (χ3n) is 7.40. The summed E-state index contributed by atoms with van der Waals surface area (Å²) in [7, 11) is 0. The van der Waals surface area contributed by atoms with Crippen LogP contribution in [0.5, 0.6) is 0 Å². The number of carbonyl (C=O) groups is 1. The van der Waals surface area contributed by atoms with Crippen LogP contribution in [-0.4, -0.2) is 47.2 Å². The predicted octanol–water partition coefficient (Wildman–Crippen LogP) is 6.11. The molecule has 2 fully saturated rings. The number of rotatable bonds is 13. The second kappa shape index (κ2) is 12.6. The molecular weight excluding hydrogens is 392 g/mol. The van der Waals surface area contributed by atoms with Crippen molar-refractivity contribution in [1.29, 1.82) is 0 Å². The van der Waals surface area contributed by atoms with E-state index in [1.807, 2.05) is 13.8 Å². The van der Waals surface area contributed by atoms with E-state index in [-0.39, 0.29) is 12.0 Å². The number of ether oxygens (including phenoxy) is 2. The van der Waals surface area contributed by atoms with Gasteiger partial charge >= 0.3 is 5.97 Å². The fourth-order valence-corrected chi connectivity index (χ4v) is 4.95. The molecule has 0 spiro atoms. The topological polar surface area (TPSA) is 76.0 Å². The molecule has 5 heteroatoms. The number of hydrogen-bond donors (Lipinski definition) is 2. The van der Waals surface area contributed by atoms with Gasteiger partial charge in [0.15, 0.2) is 0 Å². The number of hydrogen-bond acceptors (Lipinski definition) is 4. The van der Waals surface area contributed by atoms with Crippen LogP contribution in [0.1, 0.15) is 118 Å². The predicted molar refractivity (Wildman–Crippen MR) is 124 cm³/mol. The van der Waals surface area contributed by atoms with Gasteiger partial charge in [0.1, 0.15) is 0 Å². The first-order valence-corrected chi connectivity index (χ1v) is 12.8. The Labute approximate surface area is 190 Å². The van der Waals surface area contributed by atoms with Crippen molar-refractivity contribution in [2.75, 3.05) is 6.61 Å². The summed E-state index contributed by atoms with van der Waals surface area (Å²) in [6.07, 6.45) is 16.5. The number of aliphatic hydroxyl groups is 1. The van der Waals surface area contributed by atoms with Crippen molar-refractivity contribution in [2.45, 2.75) is 142 Å². The minimum atomic E-state index is -0.710. The Morgan fingerprint density at radius 1 is 0.774 bits per heavy atom. The zero-order chi connectivity index (χ0) is 22.9. The van der Waals surface area contributed by atoms with Crippen molar-refractivity contribution in [3.8, 4) is 0 Å². The van der Waals surface area contributed by atoms with Crippen molar-refractivity contribution < 1.29 is 24.5 Å². The van der Waals surface area contributed by atoms with Gasteiger partial charge in [0.05, 0.1) is 29.8 Å². The highest BCUT2D eigenvalue weighted by Crippen LogP contribution is 2.32. The molecule has 182 valence electrons. The molecule has 2 aliphatic rings. The van der Waals surface area contributed by atoms with Gasteiger partial charge in [-0.15, -0.1) is 0 Å². The maximum atomic E-state index is 11.3. The van der Waals surface area contributed by atoms with Crippen LogP contribution in [-0.2, 0) is 14.3 Å². The Bertz CT molecular complexity index is 530. The highest BCUT2D eigenvalue weighted by Gasteiger charge is 2.29. The van der Waals surface area contributed by atoms with E-state index in [2.05, 4.69) is 13.8 Å². The Morgan fingerprint density at radius 3 is 1.61 bits per heavy atom. The first kappa shape index (κ1) is 26.6. The molecule has 0 amide bonds. The van der Waals surface area contributed by atoms with Crippen LogP contribution in [0.4, 0.5) is 0 Å². The summed E-state index contributed by atoms with van der Waals surface area (Å²) in [5.74, 6) is -0.710. The lowest BCUT2D eigenvalue weighted by Gasteiger charge is -2.34. The third kappa shape index (κ3) is 9.79. The zero-order valence-corrected chi connectivity index (χ0v) is 20.5.